The number of nitrogens with one attached hydrogen (secondary N) is 3. The number of amides is 1. The molecule has 0 unspecified atom stereocenters. The quantitative estimate of drug-likeness (QED) is 0.535. The number of nitrogens with zero attached hydrogens (tertiary/aromatic N) is 3. The molecule has 3 heterocycles. The fourth-order valence-corrected chi connectivity index (χ4v) is 3.37. The fraction of sp³-hybridized carbons (Fsp3) is 0.217. The lowest BCUT2D eigenvalue weighted by atomic mass is 9.97. The van der Waals surface area contributed by atoms with Crippen LogP contribution < -0.4 is 16.0 Å². The monoisotopic (exact) mass is 418 g/mol. The number of rotatable bonds is 6. The summed E-state index contributed by atoms with van der Waals surface area (Å²) in [6.07, 6.45) is 3.54. The number of pyridine rings is 2. The van der Waals surface area contributed by atoms with E-state index in [1.54, 1.807) is 24.5 Å². The molecule has 0 aliphatic carbocycles. The van der Waals surface area contributed by atoms with E-state index in [0.29, 0.717) is 17.8 Å². The first-order valence-electron chi connectivity index (χ1n) is 10.1. The molecule has 2 aromatic heterocycles. The topological polar surface area (TPSA) is 91.3 Å². The van der Waals surface area contributed by atoms with Gasteiger partial charge in [-0.3, -0.25) is 14.8 Å². The number of carbonyl (C=O) groups excluding carboxylic acids is 1. The molecule has 4 rings (SSSR count). The van der Waals surface area contributed by atoms with Crippen LogP contribution in [0.1, 0.15) is 27.2 Å². The minimum Gasteiger partial charge on any atom is -0.355 e. The van der Waals surface area contributed by atoms with E-state index in [2.05, 4.69) is 30.9 Å². The first kappa shape index (κ1) is 20.5. The lowest BCUT2D eigenvalue weighted by Crippen LogP contribution is -2.33. The predicted octanol–water partition coefficient (Wildman–Crippen LogP) is 2.57. The third-order valence-corrected chi connectivity index (χ3v) is 4.94. The molecular weight excluding hydrogens is 395 g/mol. The van der Waals surface area contributed by atoms with E-state index in [1.807, 2.05) is 31.2 Å². The molecule has 158 valence electrons. The maximum atomic E-state index is 13.3. The Balaban J connectivity index is 1.58. The molecule has 8 heteroatoms. The fourth-order valence-electron chi connectivity index (χ4n) is 3.37. The van der Waals surface area contributed by atoms with E-state index in [4.69, 9.17) is 0 Å². The second kappa shape index (κ2) is 9.34. The van der Waals surface area contributed by atoms with E-state index >= 15 is 0 Å². The van der Waals surface area contributed by atoms with Crippen LogP contribution in [0.4, 0.5) is 4.39 Å². The molecule has 0 fully saturated rings. The van der Waals surface area contributed by atoms with Crippen molar-refractivity contribution in [1.29, 1.82) is 0 Å². The summed E-state index contributed by atoms with van der Waals surface area (Å²) in [6.45, 7) is 4.23. The molecule has 1 amide bonds. The Labute approximate surface area is 179 Å². The van der Waals surface area contributed by atoms with Crippen LogP contribution >= 0.6 is 0 Å². The highest BCUT2D eigenvalue weighted by atomic mass is 19.1. The lowest BCUT2D eigenvalue weighted by molar-refractivity contribution is 0.0950. The Morgan fingerprint density at radius 3 is 2.87 bits per heavy atom. The van der Waals surface area contributed by atoms with E-state index < -0.39 is 5.95 Å². The Hall–Kier alpha value is -3.81. The molecule has 1 aliphatic heterocycles. The van der Waals surface area contributed by atoms with Gasteiger partial charge in [0.05, 0.1) is 18.8 Å². The van der Waals surface area contributed by atoms with Gasteiger partial charge in [0.1, 0.15) is 0 Å². The van der Waals surface area contributed by atoms with Gasteiger partial charge in [0.2, 0.25) is 5.95 Å². The Kier molecular flexibility index (Phi) is 6.16. The van der Waals surface area contributed by atoms with E-state index in [1.165, 1.54) is 6.07 Å². The molecule has 1 aromatic carbocycles. The van der Waals surface area contributed by atoms with Gasteiger partial charge in [0.15, 0.2) is 5.96 Å². The van der Waals surface area contributed by atoms with Crippen LogP contribution in [-0.2, 0) is 13.1 Å². The van der Waals surface area contributed by atoms with Gasteiger partial charge < -0.3 is 16.0 Å². The summed E-state index contributed by atoms with van der Waals surface area (Å²) in [5.74, 6) is -0.0734. The number of hydrogen-bond donors (Lipinski definition) is 3. The van der Waals surface area contributed by atoms with Crippen LogP contribution in [0.25, 0.3) is 11.1 Å². The van der Waals surface area contributed by atoms with Crippen molar-refractivity contribution in [3.05, 3.63) is 83.2 Å². The third kappa shape index (κ3) is 5.22. The summed E-state index contributed by atoms with van der Waals surface area (Å²) in [5, 5.41) is 9.26. The van der Waals surface area contributed by atoms with Crippen LogP contribution in [0.2, 0.25) is 0 Å². The highest BCUT2D eigenvalue weighted by Gasteiger charge is 2.13. The lowest BCUT2D eigenvalue weighted by Gasteiger charge is -2.13. The van der Waals surface area contributed by atoms with Crippen molar-refractivity contribution in [2.24, 2.45) is 4.99 Å². The molecule has 0 bridgehead atoms. The minimum atomic E-state index is -0.572. The van der Waals surface area contributed by atoms with Crippen LogP contribution in [0.5, 0.6) is 0 Å². The van der Waals surface area contributed by atoms with Gasteiger partial charge >= 0.3 is 0 Å². The molecule has 0 saturated carbocycles. The summed E-state index contributed by atoms with van der Waals surface area (Å²) in [4.78, 5) is 25.2. The minimum absolute atomic E-state index is 0.140. The van der Waals surface area contributed by atoms with Gasteiger partial charge in [-0.1, -0.05) is 6.07 Å². The molecule has 31 heavy (non-hydrogen) atoms. The van der Waals surface area contributed by atoms with Gasteiger partial charge in [0, 0.05) is 36.6 Å². The second-order valence-electron chi connectivity index (χ2n) is 7.25. The number of aromatic nitrogens is 2. The summed E-state index contributed by atoms with van der Waals surface area (Å²) in [6, 6.07) is 12.2. The summed E-state index contributed by atoms with van der Waals surface area (Å²) < 4.78 is 13.3. The summed E-state index contributed by atoms with van der Waals surface area (Å²) in [5.41, 5.74) is 4.83. The molecule has 0 atom stereocenters. The molecule has 3 aromatic rings. The number of halogens is 1. The van der Waals surface area contributed by atoms with Crippen molar-refractivity contribution < 1.29 is 9.18 Å². The Morgan fingerprint density at radius 1 is 1.19 bits per heavy atom. The molecule has 0 spiro atoms. The van der Waals surface area contributed by atoms with Crippen molar-refractivity contribution >= 4 is 11.9 Å². The van der Waals surface area contributed by atoms with Gasteiger partial charge in [-0.15, -0.1) is 0 Å². The average molecular weight is 418 g/mol. The third-order valence-electron chi connectivity index (χ3n) is 4.94. The van der Waals surface area contributed by atoms with Gasteiger partial charge in [0.25, 0.3) is 5.91 Å². The van der Waals surface area contributed by atoms with E-state index in [-0.39, 0.29) is 12.5 Å². The smallest absolute Gasteiger partial charge is 0.251 e. The molecule has 0 radical (unpaired) electrons. The Bertz CT molecular complexity index is 1130. The summed E-state index contributed by atoms with van der Waals surface area (Å²) in [7, 11) is 0. The van der Waals surface area contributed by atoms with Gasteiger partial charge in [-0.25, -0.2) is 4.98 Å². The zero-order valence-corrected chi connectivity index (χ0v) is 17.2. The molecule has 3 N–H and O–H groups in total. The molecule has 0 saturated heterocycles. The molecule has 7 nitrogen and oxygen atoms in total. The van der Waals surface area contributed by atoms with Crippen molar-refractivity contribution in [1.82, 2.24) is 25.9 Å². The first-order chi connectivity index (χ1) is 15.1. The zero-order chi connectivity index (χ0) is 21.6. The van der Waals surface area contributed by atoms with Crippen molar-refractivity contribution in [3.63, 3.8) is 0 Å². The van der Waals surface area contributed by atoms with Crippen molar-refractivity contribution in [2.75, 3.05) is 13.1 Å². The largest absolute Gasteiger partial charge is 0.355 e. The maximum Gasteiger partial charge on any atom is 0.251 e. The zero-order valence-electron chi connectivity index (χ0n) is 17.2. The Morgan fingerprint density at radius 2 is 2.10 bits per heavy atom. The average Bonchev–Trinajstić information content (AvgIpc) is 3.30. The van der Waals surface area contributed by atoms with Crippen LogP contribution in [0.15, 0.2) is 59.9 Å². The van der Waals surface area contributed by atoms with Gasteiger partial charge in [-0.05, 0) is 60.0 Å². The number of aryl methyl sites for hydroxylation is 1. The SMILES string of the molecule is Cc1ccncc1-c1cc(CNC2=NCCN2)cc(C(=O)NCc2cccc(F)n2)c1. The predicted molar refractivity (Wildman–Crippen MR) is 117 cm³/mol. The highest BCUT2D eigenvalue weighted by Crippen LogP contribution is 2.25. The number of carbonyl (C=O) groups is 1. The van der Waals surface area contributed by atoms with Crippen LogP contribution in [0.3, 0.4) is 0 Å². The number of benzene rings is 1. The van der Waals surface area contributed by atoms with Crippen LogP contribution in [0, 0.1) is 12.9 Å². The van der Waals surface area contributed by atoms with Gasteiger partial charge in [-0.2, -0.15) is 4.39 Å². The standard InChI is InChI=1S/C23H23FN6O/c1-15-5-6-25-14-20(15)17-9-16(12-29-23-26-7-8-27-23)10-18(11-17)22(31)28-13-19-3-2-4-21(24)30-19/h2-6,9-11,14H,7-8,12-13H2,1H3,(H,28,31)(H2,26,27,29). The van der Waals surface area contributed by atoms with Crippen LogP contribution in [-0.4, -0.2) is 34.9 Å². The van der Waals surface area contributed by atoms with Crippen molar-refractivity contribution in [2.45, 2.75) is 20.0 Å². The maximum absolute atomic E-state index is 13.3. The number of hydrogen-bond acceptors (Lipinski definition) is 6. The normalized spacial score (nSPS) is 12.8. The van der Waals surface area contributed by atoms with E-state index in [0.717, 1.165) is 41.3 Å². The molecular formula is C23H23FN6O. The highest BCUT2D eigenvalue weighted by molar-refractivity contribution is 5.96. The number of aliphatic imine (C=N–C) groups is 1. The number of guanidine groups is 1. The molecule has 1 aliphatic rings. The second-order valence-corrected chi connectivity index (χ2v) is 7.25. The van der Waals surface area contributed by atoms with Crippen molar-refractivity contribution in [3.8, 4) is 11.1 Å². The summed E-state index contributed by atoms with van der Waals surface area (Å²) >= 11 is 0. The van der Waals surface area contributed by atoms with E-state index in [9.17, 15) is 9.18 Å². The first-order valence-corrected chi connectivity index (χ1v) is 10.1.